The highest BCUT2D eigenvalue weighted by molar-refractivity contribution is 5.81. The van der Waals surface area contributed by atoms with Gasteiger partial charge in [-0.15, -0.1) is 0 Å². The molecule has 3 nitrogen and oxygen atoms in total. The zero-order valence-electron chi connectivity index (χ0n) is 8.34. The van der Waals surface area contributed by atoms with Gasteiger partial charge >= 0.3 is 0 Å². The number of amides is 1. The van der Waals surface area contributed by atoms with E-state index in [-0.39, 0.29) is 11.9 Å². The number of nitrogens with zero attached hydrogens (tertiary/aromatic N) is 1. The van der Waals surface area contributed by atoms with Crippen LogP contribution in [0.1, 0.15) is 33.6 Å². The Kier molecular flexibility index (Phi) is 5.72. The Morgan fingerprint density at radius 2 is 2.00 bits per heavy atom. The number of likely N-dealkylation sites (N-methyl/N-ethyl adjacent to an activating group) is 1. The summed E-state index contributed by atoms with van der Waals surface area (Å²) in [6.45, 7) is 7.56. The first kappa shape index (κ1) is 11.4. The molecule has 0 aliphatic heterocycles. The summed E-state index contributed by atoms with van der Waals surface area (Å²) >= 11 is 0. The van der Waals surface area contributed by atoms with Gasteiger partial charge in [-0.2, -0.15) is 0 Å². The molecule has 0 aromatic rings. The van der Waals surface area contributed by atoms with Crippen molar-refractivity contribution in [3.63, 3.8) is 0 Å². The van der Waals surface area contributed by atoms with Crippen molar-refractivity contribution in [3.8, 4) is 0 Å². The summed E-state index contributed by atoms with van der Waals surface area (Å²) in [6.07, 6.45) is 1.72. The zero-order valence-corrected chi connectivity index (χ0v) is 8.34. The van der Waals surface area contributed by atoms with Gasteiger partial charge in [-0.1, -0.05) is 13.8 Å². The van der Waals surface area contributed by atoms with Crippen LogP contribution in [0.15, 0.2) is 0 Å². The summed E-state index contributed by atoms with van der Waals surface area (Å²) in [5.41, 5.74) is 5.63. The van der Waals surface area contributed by atoms with E-state index in [1.54, 1.807) is 0 Å². The molecule has 0 aromatic heterocycles. The minimum Gasteiger partial charge on any atom is -0.342 e. The molecular weight excluding hydrogens is 152 g/mol. The molecule has 0 radical (unpaired) electrons. The lowest BCUT2D eigenvalue weighted by molar-refractivity contribution is -0.132. The van der Waals surface area contributed by atoms with Gasteiger partial charge in [0.2, 0.25) is 5.91 Å². The summed E-state index contributed by atoms with van der Waals surface area (Å²) in [7, 11) is 0. The molecule has 0 aliphatic rings. The molecule has 1 amide bonds. The standard InChI is InChI=1S/C9H20N2O/c1-4-7-11(6-3)9(12)8(10)5-2/h8H,4-7,10H2,1-3H3. The lowest BCUT2D eigenvalue weighted by Crippen LogP contribution is -2.43. The van der Waals surface area contributed by atoms with E-state index in [9.17, 15) is 4.79 Å². The molecule has 0 aromatic carbocycles. The van der Waals surface area contributed by atoms with Gasteiger partial charge in [0.15, 0.2) is 0 Å². The maximum Gasteiger partial charge on any atom is 0.239 e. The van der Waals surface area contributed by atoms with Gasteiger partial charge in [0.1, 0.15) is 0 Å². The molecule has 2 N–H and O–H groups in total. The first-order valence-corrected chi connectivity index (χ1v) is 4.71. The van der Waals surface area contributed by atoms with Crippen molar-refractivity contribution in [2.75, 3.05) is 13.1 Å². The molecule has 0 bridgehead atoms. The molecule has 0 saturated carbocycles. The highest BCUT2D eigenvalue weighted by Crippen LogP contribution is 1.97. The Labute approximate surface area is 74.9 Å². The summed E-state index contributed by atoms with van der Waals surface area (Å²) < 4.78 is 0. The third kappa shape index (κ3) is 3.22. The molecule has 0 spiro atoms. The molecular formula is C9H20N2O. The summed E-state index contributed by atoms with van der Waals surface area (Å²) in [6, 6.07) is -0.309. The summed E-state index contributed by atoms with van der Waals surface area (Å²) in [5, 5.41) is 0. The van der Waals surface area contributed by atoms with Crippen LogP contribution >= 0.6 is 0 Å². The van der Waals surface area contributed by atoms with Crippen LogP contribution in [0.5, 0.6) is 0 Å². The van der Waals surface area contributed by atoms with Gasteiger partial charge in [0.05, 0.1) is 6.04 Å². The van der Waals surface area contributed by atoms with Crippen molar-refractivity contribution in [3.05, 3.63) is 0 Å². The van der Waals surface area contributed by atoms with E-state index in [4.69, 9.17) is 5.73 Å². The normalized spacial score (nSPS) is 12.7. The second kappa shape index (κ2) is 6.00. The predicted octanol–water partition coefficient (Wildman–Crippen LogP) is 0.982. The Hall–Kier alpha value is -0.570. The second-order valence-electron chi connectivity index (χ2n) is 2.93. The van der Waals surface area contributed by atoms with Gasteiger partial charge in [-0.3, -0.25) is 4.79 Å². The lowest BCUT2D eigenvalue weighted by Gasteiger charge is -2.22. The quantitative estimate of drug-likeness (QED) is 0.672. The van der Waals surface area contributed by atoms with E-state index in [0.717, 1.165) is 25.9 Å². The third-order valence-electron chi connectivity index (χ3n) is 1.94. The monoisotopic (exact) mass is 172 g/mol. The zero-order chi connectivity index (χ0) is 9.56. The third-order valence-corrected chi connectivity index (χ3v) is 1.94. The molecule has 1 atom stereocenters. The van der Waals surface area contributed by atoms with E-state index in [0.29, 0.717) is 0 Å². The van der Waals surface area contributed by atoms with Crippen LogP contribution in [-0.2, 0) is 4.79 Å². The van der Waals surface area contributed by atoms with Crippen LogP contribution in [0.4, 0.5) is 0 Å². The van der Waals surface area contributed by atoms with E-state index >= 15 is 0 Å². The average molecular weight is 172 g/mol. The molecule has 0 saturated heterocycles. The van der Waals surface area contributed by atoms with Crippen molar-refractivity contribution >= 4 is 5.91 Å². The van der Waals surface area contributed by atoms with Crippen LogP contribution < -0.4 is 5.73 Å². The number of carbonyl (C=O) groups excluding carboxylic acids is 1. The minimum atomic E-state index is -0.309. The second-order valence-corrected chi connectivity index (χ2v) is 2.93. The number of nitrogens with two attached hydrogens (primary N) is 1. The smallest absolute Gasteiger partial charge is 0.239 e. The fourth-order valence-corrected chi connectivity index (χ4v) is 1.10. The van der Waals surface area contributed by atoms with E-state index < -0.39 is 0 Å². The summed E-state index contributed by atoms with van der Waals surface area (Å²) in [5.74, 6) is 0.0850. The van der Waals surface area contributed by atoms with Gasteiger partial charge in [-0.05, 0) is 19.8 Å². The Bertz CT molecular complexity index is 136. The molecule has 12 heavy (non-hydrogen) atoms. The van der Waals surface area contributed by atoms with Gasteiger partial charge < -0.3 is 10.6 Å². The predicted molar refractivity (Wildman–Crippen MR) is 50.8 cm³/mol. The SMILES string of the molecule is CCCN(CC)C(=O)C(N)CC. The number of carbonyl (C=O) groups is 1. The molecule has 0 aliphatic carbocycles. The molecule has 0 heterocycles. The van der Waals surface area contributed by atoms with Crippen molar-refractivity contribution in [1.82, 2.24) is 4.90 Å². The van der Waals surface area contributed by atoms with Crippen molar-refractivity contribution in [2.24, 2.45) is 5.73 Å². The Morgan fingerprint density at radius 1 is 1.42 bits per heavy atom. The number of hydrogen-bond acceptors (Lipinski definition) is 2. The average Bonchev–Trinajstić information content (AvgIpc) is 2.11. The Balaban J connectivity index is 4.01. The van der Waals surface area contributed by atoms with E-state index in [2.05, 4.69) is 6.92 Å². The fourth-order valence-electron chi connectivity index (χ4n) is 1.10. The topological polar surface area (TPSA) is 46.3 Å². The van der Waals surface area contributed by atoms with Crippen molar-refractivity contribution in [1.29, 1.82) is 0 Å². The van der Waals surface area contributed by atoms with Gasteiger partial charge in [-0.25, -0.2) is 0 Å². The molecule has 3 heteroatoms. The van der Waals surface area contributed by atoms with Crippen LogP contribution in [0.2, 0.25) is 0 Å². The van der Waals surface area contributed by atoms with Crippen LogP contribution in [-0.4, -0.2) is 29.9 Å². The largest absolute Gasteiger partial charge is 0.342 e. The van der Waals surface area contributed by atoms with Crippen molar-refractivity contribution in [2.45, 2.75) is 39.7 Å². The van der Waals surface area contributed by atoms with Gasteiger partial charge in [0, 0.05) is 13.1 Å². The number of rotatable bonds is 5. The van der Waals surface area contributed by atoms with Crippen LogP contribution in [0, 0.1) is 0 Å². The van der Waals surface area contributed by atoms with E-state index in [1.165, 1.54) is 0 Å². The molecule has 72 valence electrons. The van der Waals surface area contributed by atoms with Crippen LogP contribution in [0.25, 0.3) is 0 Å². The van der Waals surface area contributed by atoms with Crippen LogP contribution in [0.3, 0.4) is 0 Å². The first-order valence-electron chi connectivity index (χ1n) is 4.71. The summed E-state index contributed by atoms with van der Waals surface area (Å²) in [4.78, 5) is 13.3. The molecule has 0 rings (SSSR count). The lowest BCUT2D eigenvalue weighted by atomic mass is 10.2. The Morgan fingerprint density at radius 3 is 2.33 bits per heavy atom. The maximum atomic E-state index is 11.5. The molecule has 0 fully saturated rings. The maximum absolute atomic E-state index is 11.5. The minimum absolute atomic E-state index is 0.0850. The molecule has 1 unspecified atom stereocenters. The first-order chi connectivity index (χ1) is 5.67. The highest BCUT2D eigenvalue weighted by atomic mass is 16.2. The fraction of sp³-hybridized carbons (Fsp3) is 0.889. The van der Waals surface area contributed by atoms with Crippen molar-refractivity contribution < 1.29 is 4.79 Å². The van der Waals surface area contributed by atoms with Gasteiger partial charge in [0.25, 0.3) is 0 Å². The van der Waals surface area contributed by atoms with E-state index in [1.807, 2.05) is 18.7 Å². The highest BCUT2D eigenvalue weighted by Gasteiger charge is 2.16. The number of hydrogen-bond donors (Lipinski definition) is 1.